The number of nitrogens with zero attached hydrogens (tertiary/aromatic N) is 3. The van der Waals surface area contributed by atoms with Crippen LogP contribution < -0.4 is 5.73 Å². The molecule has 1 amide bonds. The molecule has 0 saturated carbocycles. The van der Waals surface area contributed by atoms with Crippen molar-refractivity contribution in [3.05, 3.63) is 0 Å². The van der Waals surface area contributed by atoms with Gasteiger partial charge in [-0.15, -0.1) is 0 Å². The molecule has 0 radical (unpaired) electrons. The number of nitrogens with two attached hydrogens (primary N) is 1. The molecule has 1 unspecified atom stereocenters. The number of morpholine rings is 1. The highest BCUT2D eigenvalue weighted by molar-refractivity contribution is 7.86. The lowest BCUT2D eigenvalue weighted by atomic mass is 9.76. The summed E-state index contributed by atoms with van der Waals surface area (Å²) >= 11 is 0. The van der Waals surface area contributed by atoms with E-state index in [0.717, 1.165) is 32.2 Å². The topological polar surface area (TPSA) is 105 Å². The number of hydrogen-bond donors (Lipinski definition) is 1. The van der Waals surface area contributed by atoms with Crippen LogP contribution in [0.2, 0.25) is 0 Å². The first kappa shape index (κ1) is 21.9. The standard InChI is InChI=1S/C18H34N4O5S/c1-26-12-6-18(17(19)23)5-2-7-20(15-18)16-3-8-21(9-4-16)28(24,25)22-10-13-27-14-11-22/h16H,2-15H2,1H3,(H2,19,23). The van der Waals surface area contributed by atoms with Gasteiger partial charge in [0.1, 0.15) is 0 Å². The summed E-state index contributed by atoms with van der Waals surface area (Å²) in [5.74, 6) is -0.249. The molecule has 3 heterocycles. The highest BCUT2D eigenvalue weighted by atomic mass is 32.2. The van der Waals surface area contributed by atoms with E-state index in [0.29, 0.717) is 59.0 Å². The zero-order valence-electron chi connectivity index (χ0n) is 16.8. The van der Waals surface area contributed by atoms with E-state index in [1.165, 1.54) is 4.31 Å². The lowest BCUT2D eigenvalue weighted by Crippen LogP contribution is -2.57. The fraction of sp³-hybridized carbons (Fsp3) is 0.944. The third-order valence-electron chi connectivity index (χ3n) is 6.48. The van der Waals surface area contributed by atoms with Gasteiger partial charge in [-0.2, -0.15) is 17.0 Å². The molecular weight excluding hydrogens is 384 g/mol. The molecule has 9 nitrogen and oxygen atoms in total. The third kappa shape index (κ3) is 4.68. The van der Waals surface area contributed by atoms with Crippen molar-refractivity contribution in [1.29, 1.82) is 0 Å². The molecular formula is C18H34N4O5S. The summed E-state index contributed by atoms with van der Waals surface area (Å²) < 4.78 is 39.3. The Hall–Kier alpha value is -0.780. The molecule has 3 rings (SSSR count). The first-order valence-electron chi connectivity index (χ1n) is 10.2. The van der Waals surface area contributed by atoms with E-state index in [1.807, 2.05) is 0 Å². The van der Waals surface area contributed by atoms with Crippen LogP contribution in [0.4, 0.5) is 0 Å². The molecule has 3 aliphatic rings. The summed E-state index contributed by atoms with van der Waals surface area (Å²) in [6, 6.07) is 0.290. The van der Waals surface area contributed by atoms with Crippen LogP contribution in [-0.2, 0) is 24.5 Å². The van der Waals surface area contributed by atoms with Gasteiger partial charge in [0, 0.05) is 52.5 Å². The average Bonchev–Trinajstić information content (AvgIpc) is 2.73. The molecule has 0 bridgehead atoms. The van der Waals surface area contributed by atoms with Crippen molar-refractivity contribution in [1.82, 2.24) is 13.5 Å². The first-order valence-corrected chi connectivity index (χ1v) is 11.6. The van der Waals surface area contributed by atoms with Gasteiger partial charge in [-0.05, 0) is 38.6 Å². The second-order valence-electron chi connectivity index (χ2n) is 8.11. The quantitative estimate of drug-likeness (QED) is 0.605. The van der Waals surface area contributed by atoms with Crippen LogP contribution in [0.1, 0.15) is 32.1 Å². The number of methoxy groups -OCH3 is 1. The molecule has 28 heavy (non-hydrogen) atoms. The number of carbonyl (C=O) groups is 1. The molecule has 0 aromatic heterocycles. The molecule has 10 heteroatoms. The minimum Gasteiger partial charge on any atom is -0.385 e. The van der Waals surface area contributed by atoms with Crippen molar-refractivity contribution < 1.29 is 22.7 Å². The van der Waals surface area contributed by atoms with Gasteiger partial charge < -0.3 is 15.2 Å². The number of piperidine rings is 2. The van der Waals surface area contributed by atoms with Gasteiger partial charge in [0.25, 0.3) is 10.2 Å². The molecule has 0 aliphatic carbocycles. The van der Waals surface area contributed by atoms with Crippen molar-refractivity contribution in [2.45, 2.75) is 38.1 Å². The van der Waals surface area contributed by atoms with E-state index in [1.54, 1.807) is 11.4 Å². The zero-order chi connectivity index (χ0) is 20.2. The Labute approximate surface area is 168 Å². The summed E-state index contributed by atoms with van der Waals surface area (Å²) in [7, 11) is -1.77. The molecule has 0 spiro atoms. The van der Waals surface area contributed by atoms with Crippen LogP contribution in [0.25, 0.3) is 0 Å². The average molecular weight is 419 g/mol. The second kappa shape index (κ2) is 9.36. The van der Waals surface area contributed by atoms with Gasteiger partial charge >= 0.3 is 0 Å². The predicted molar refractivity (Wildman–Crippen MR) is 105 cm³/mol. The van der Waals surface area contributed by atoms with Crippen LogP contribution in [0, 0.1) is 5.41 Å². The number of primary amides is 1. The molecule has 3 fully saturated rings. The molecule has 3 aliphatic heterocycles. The molecule has 0 aromatic carbocycles. The van der Waals surface area contributed by atoms with Crippen molar-refractivity contribution in [3.8, 4) is 0 Å². The Morgan fingerprint density at radius 2 is 1.79 bits per heavy atom. The van der Waals surface area contributed by atoms with Crippen molar-refractivity contribution in [3.63, 3.8) is 0 Å². The van der Waals surface area contributed by atoms with Gasteiger partial charge in [0.2, 0.25) is 5.91 Å². The minimum atomic E-state index is -3.41. The normalized spacial score (nSPS) is 29.8. The minimum absolute atomic E-state index is 0.249. The van der Waals surface area contributed by atoms with Crippen molar-refractivity contribution >= 4 is 16.1 Å². The molecule has 0 aromatic rings. The maximum Gasteiger partial charge on any atom is 0.282 e. The Kier molecular flexibility index (Phi) is 7.32. The smallest absolute Gasteiger partial charge is 0.282 e. The maximum atomic E-state index is 12.8. The Bertz CT molecular complexity index is 632. The molecule has 2 N–H and O–H groups in total. The van der Waals surface area contributed by atoms with Gasteiger partial charge in [-0.1, -0.05) is 0 Å². The second-order valence-corrected chi connectivity index (χ2v) is 10.0. The maximum absolute atomic E-state index is 12.8. The van der Waals surface area contributed by atoms with E-state index in [2.05, 4.69) is 4.90 Å². The van der Waals surface area contributed by atoms with Crippen LogP contribution in [0.5, 0.6) is 0 Å². The highest BCUT2D eigenvalue weighted by Crippen LogP contribution is 2.36. The molecule has 162 valence electrons. The summed E-state index contributed by atoms with van der Waals surface area (Å²) in [5, 5.41) is 0. The predicted octanol–water partition coefficient (Wildman–Crippen LogP) is -0.368. The van der Waals surface area contributed by atoms with Crippen molar-refractivity contribution in [2.75, 3.05) is 66.2 Å². The molecule has 1 atom stereocenters. The van der Waals surface area contributed by atoms with Gasteiger partial charge in [0.15, 0.2) is 0 Å². The van der Waals surface area contributed by atoms with Gasteiger partial charge in [-0.25, -0.2) is 0 Å². The number of carbonyl (C=O) groups excluding carboxylic acids is 1. The third-order valence-corrected chi connectivity index (χ3v) is 8.51. The Morgan fingerprint density at radius 1 is 1.14 bits per heavy atom. The number of likely N-dealkylation sites (tertiary alicyclic amines) is 1. The summed E-state index contributed by atoms with van der Waals surface area (Å²) in [5.41, 5.74) is 5.24. The van der Waals surface area contributed by atoms with Gasteiger partial charge in [-0.3, -0.25) is 9.69 Å². The fourth-order valence-electron chi connectivity index (χ4n) is 4.68. The summed E-state index contributed by atoms with van der Waals surface area (Å²) in [6.07, 6.45) is 3.93. The number of amides is 1. The number of hydrogen-bond acceptors (Lipinski definition) is 6. The monoisotopic (exact) mass is 418 g/mol. The molecule has 3 saturated heterocycles. The number of ether oxygens (including phenoxy) is 2. The van der Waals surface area contributed by atoms with Crippen LogP contribution in [-0.4, -0.2) is 100 Å². The Morgan fingerprint density at radius 3 is 2.39 bits per heavy atom. The van der Waals surface area contributed by atoms with Crippen LogP contribution in [0.15, 0.2) is 0 Å². The van der Waals surface area contributed by atoms with Crippen LogP contribution in [0.3, 0.4) is 0 Å². The fourth-order valence-corrected chi connectivity index (χ4v) is 6.29. The van der Waals surface area contributed by atoms with E-state index >= 15 is 0 Å². The SMILES string of the molecule is COCCC1(C(N)=O)CCCN(C2CCN(S(=O)(=O)N3CCOCC3)CC2)C1. The zero-order valence-corrected chi connectivity index (χ0v) is 17.7. The van der Waals surface area contributed by atoms with E-state index in [4.69, 9.17) is 15.2 Å². The summed E-state index contributed by atoms with van der Waals surface area (Å²) in [6.45, 7) is 4.90. The number of rotatable bonds is 7. The largest absolute Gasteiger partial charge is 0.385 e. The lowest BCUT2D eigenvalue weighted by molar-refractivity contribution is -0.133. The van der Waals surface area contributed by atoms with E-state index < -0.39 is 15.6 Å². The van der Waals surface area contributed by atoms with Crippen LogP contribution >= 0.6 is 0 Å². The van der Waals surface area contributed by atoms with E-state index in [-0.39, 0.29) is 11.9 Å². The summed E-state index contributed by atoms with van der Waals surface area (Å²) in [4.78, 5) is 14.6. The van der Waals surface area contributed by atoms with E-state index in [9.17, 15) is 13.2 Å². The first-order chi connectivity index (χ1) is 13.4. The van der Waals surface area contributed by atoms with Crippen molar-refractivity contribution in [2.24, 2.45) is 11.1 Å². The highest BCUT2D eigenvalue weighted by Gasteiger charge is 2.43. The van der Waals surface area contributed by atoms with Gasteiger partial charge in [0.05, 0.1) is 18.6 Å². The lowest BCUT2D eigenvalue weighted by Gasteiger charge is -2.46. The Balaban J connectivity index is 1.59.